The quantitative estimate of drug-likeness (QED) is 0.339. The lowest BCUT2D eigenvalue weighted by Crippen LogP contribution is -2.22. The Bertz CT molecular complexity index is 300. The van der Waals surface area contributed by atoms with Gasteiger partial charge >= 0.3 is 0 Å². The monoisotopic (exact) mass is 283 g/mol. The van der Waals surface area contributed by atoms with Gasteiger partial charge in [-0.05, 0) is 45.0 Å². The number of unbranched alkanes of at least 4 members (excludes halogenated alkanes) is 3. The average Bonchev–Trinajstić information content (AvgIpc) is 2.39. The highest BCUT2D eigenvalue weighted by Gasteiger charge is 2.21. The van der Waals surface area contributed by atoms with Crippen molar-refractivity contribution in [2.75, 3.05) is 26.7 Å². The molecule has 0 aliphatic heterocycles. The molecule has 0 N–H and O–H groups in total. The number of alkyl halides is 1. The van der Waals surface area contributed by atoms with E-state index < -0.39 is 5.06 Å². The lowest BCUT2D eigenvalue weighted by Gasteiger charge is -2.22. The molecule has 0 aromatic rings. The Morgan fingerprint density at radius 1 is 1.26 bits per heavy atom. The second-order valence-corrected chi connectivity index (χ2v) is 5.64. The van der Waals surface area contributed by atoms with Crippen molar-refractivity contribution in [2.24, 2.45) is 0 Å². The predicted molar refractivity (Wildman–Crippen MR) is 83.6 cm³/mol. The summed E-state index contributed by atoms with van der Waals surface area (Å²) in [5, 5.41) is -0.692. The van der Waals surface area contributed by atoms with Crippen LogP contribution in [0.1, 0.15) is 32.1 Å². The minimum atomic E-state index is -0.692. The first kappa shape index (κ1) is 16.5. The largest absolute Gasteiger partial charge is 0.352 e. The molecule has 0 bridgehead atoms. The van der Waals surface area contributed by atoms with Gasteiger partial charge in [0.2, 0.25) is 0 Å². The number of rotatable bonds is 10. The molecule has 108 valence electrons. The van der Waals surface area contributed by atoms with Crippen molar-refractivity contribution in [3.8, 4) is 0 Å². The second kappa shape index (κ2) is 9.35. The van der Waals surface area contributed by atoms with Gasteiger partial charge in [-0.3, -0.25) is 0 Å². The molecule has 1 aliphatic carbocycles. The number of hydrogen-bond donors (Lipinski definition) is 0. The summed E-state index contributed by atoms with van der Waals surface area (Å²) < 4.78 is 5.70. The number of likely N-dealkylation sites (N-methyl/N-ethyl adjacent to an activating group) is 1. The third kappa shape index (κ3) is 7.56. The highest BCUT2D eigenvalue weighted by atomic mass is 35.5. The topological polar surface area (TPSA) is 12.5 Å². The zero-order chi connectivity index (χ0) is 14.0. The molecule has 0 aromatic carbocycles. The Morgan fingerprint density at radius 2 is 1.95 bits per heavy atom. The fourth-order valence-corrected chi connectivity index (χ4v) is 2.32. The molecule has 0 heterocycles. The van der Waals surface area contributed by atoms with Crippen LogP contribution in [0.4, 0.5) is 0 Å². The molecule has 0 amide bonds. The molecule has 0 unspecified atom stereocenters. The minimum Gasteiger partial charge on any atom is -0.352 e. The second-order valence-electron chi connectivity index (χ2n) is 5.05. The van der Waals surface area contributed by atoms with E-state index in [2.05, 4.69) is 18.5 Å². The number of hydrogen-bond acceptors (Lipinski definition) is 2. The zero-order valence-electron chi connectivity index (χ0n) is 12.0. The van der Waals surface area contributed by atoms with E-state index >= 15 is 0 Å². The van der Waals surface area contributed by atoms with Crippen LogP contribution in [0, 0.1) is 0 Å². The van der Waals surface area contributed by atoms with E-state index in [1.807, 2.05) is 30.4 Å². The summed E-state index contributed by atoms with van der Waals surface area (Å²) in [6.45, 7) is 6.57. The van der Waals surface area contributed by atoms with E-state index in [-0.39, 0.29) is 0 Å². The molecule has 0 spiro atoms. The van der Waals surface area contributed by atoms with Gasteiger partial charge in [0.25, 0.3) is 0 Å². The maximum atomic E-state index is 6.28. The number of ether oxygens (including phenoxy) is 1. The van der Waals surface area contributed by atoms with E-state index in [4.69, 9.17) is 16.3 Å². The molecular formula is C16H26ClNO. The van der Waals surface area contributed by atoms with Gasteiger partial charge in [0.1, 0.15) is 0 Å². The Kier molecular flexibility index (Phi) is 8.11. The lowest BCUT2D eigenvalue weighted by molar-refractivity contribution is 0.0817. The van der Waals surface area contributed by atoms with Crippen LogP contribution in [0.5, 0.6) is 0 Å². The third-order valence-corrected chi connectivity index (χ3v) is 3.52. The molecule has 0 radical (unpaired) electrons. The average molecular weight is 284 g/mol. The van der Waals surface area contributed by atoms with Crippen LogP contribution in [0.15, 0.2) is 37.0 Å². The summed E-state index contributed by atoms with van der Waals surface area (Å²) in [5.41, 5.74) is 0. The first-order chi connectivity index (χ1) is 9.16. The molecule has 3 heteroatoms. The standard InChI is InChI=1S/C16H26ClNO/c1-3-13-18(2)14-9-4-5-10-15-19-16(17)11-7-6-8-12-16/h3,7-8,11-12H,1,4-6,9-10,13-15H2,2H3. The summed E-state index contributed by atoms with van der Waals surface area (Å²) in [6.07, 6.45) is 15.6. The SMILES string of the molecule is C=CCN(C)CCCCCCOC1(Cl)C=CCC=C1. The van der Waals surface area contributed by atoms with E-state index in [1.165, 1.54) is 19.3 Å². The maximum Gasteiger partial charge on any atom is 0.179 e. The third-order valence-electron chi connectivity index (χ3n) is 3.16. The minimum absolute atomic E-state index is 0.692. The van der Waals surface area contributed by atoms with Crippen LogP contribution in [0.2, 0.25) is 0 Å². The molecule has 0 atom stereocenters. The van der Waals surface area contributed by atoms with E-state index in [1.54, 1.807) is 0 Å². The van der Waals surface area contributed by atoms with Gasteiger partial charge in [-0.1, -0.05) is 42.7 Å². The van der Waals surface area contributed by atoms with Crippen molar-refractivity contribution in [1.82, 2.24) is 4.90 Å². The van der Waals surface area contributed by atoms with Gasteiger partial charge in [0.15, 0.2) is 5.06 Å². The first-order valence-corrected chi connectivity index (χ1v) is 7.52. The molecule has 0 fully saturated rings. The molecule has 0 aromatic heterocycles. The predicted octanol–water partition coefficient (Wildman–Crippen LogP) is 4.13. The van der Waals surface area contributed by atoms with E-state index in [9.17, 15) is 0 Å². The van der Waals surface area contributed by atoms with E-state index in [0.717, 1.165) is 32.5 Å². The fraction of sp³-hybridized carbons (Fsp3) is 0.625. The van der Waals surface area contributed by atoms with Crippen LogP contribution in [0.3, 0.4) is 0 Å². The zero-order valence-corrected chi connectivity index (χ0v) is 12.7. The van der Waals surface area contributed by atoms with Crippen molar-refractivity contribution in [1.29, 1.82) is 0 Å². The van der Waals surface area contributed by atoms with Crippen LogP contribution in [-0.2, 0) is 4.74 Å². The molecule has 1 aliphatic rings. The van der Waals surface area contributed by atoms with Crippen LogP contribution in [-0.4, -0.2) is 36.7 Å². The van der Waals surface area contributed by atoms with Gasteiger partial charge in [0, 0.05) is 13.2 Å². The Morgan fingerprint density at radius 3 is 2.63 bits per heavy atom. The molecule has 0 saturated heterocycles. The Labute approximate surface area is 122 Å². The smallest absolute Gasteiger partial charge is 0.179 e. The van der Waals surface area contributed by atoms with Gasteiger partial charge in [0.05, 0.1) is 0 Å². The number of allylic oxidation sites excluding steroid dienone is 2. The molecular weight excluding hydrogens is 258 g/mol. The summed E-state index contributed by atoms with van der Waals surface area (Å²) in [5.74, 6) is 0. The summed E-state index contributed by atoms with van der Waals surface area (Å²) in [4.78, 5) is 2.29. The molecule has 1 rings (SSSR count). The van der Waals surface area contributed by atoms with Crippen molar-refractivity contribution in [2.45, 2.75) is 37.2 Å². The van der Waals surface area contributed by atoms with Crippen LogP contribution >= 0.6 is 11.6 Å². The molecule has 0 saturated carbocycles. The summed E-state index contributed by atoms with van der Waals surface area (Å²) in [6, 6.07) is 0. The van der Waals surface area contributed by atoms with Crippen molar-refractivity contribution >= 4 is 11.6 Å². The highest BCUT2D eigenvalue weighted by Crippen LogP contribution is 2.25. The van der Waals surface area contributed by atoms with Crippen molar-refractivity contribution in [3.63, 3.8) is 0 Å². The highest BCUT2D eigenvalue weighted by molar-refractivity contribution is 6.25. The fourth-order valence-electron chi connectivity index (χ4n) is 2.07. The Balaban J connectivity index is 1.96. The number of halogens is 1. The summed E-state index contributed by atoms with van der Waals surface area (Å²) >= 11 is 6.28. The Hall–Kier alpha value is -0.570. The first-order valence-electron chi connectivity index (χ1n) is 7.14. The van der Waals surface area contributed by atoms with Gasteiger partial charge < -0.3 is 9.64 Å². The maximum absolute atomic E-state index is 6.28. The number of nitrogens with zero attached hydrogens (tertiary/aromatic N) is 1. The van der Waals surface area contributed by atoms with Gasteiger partial charge in [-0.15, -0.1) is 6.58 Å². The van der Waals surface area contributed by atoms with Crippen LogP contribution in [0.25, 0.3) is 0 Å². The normalized spacial score (nSPS) is 17.0. The van der Waals surface area contributed by atoms with Gasteiger partial charge in [-0.2, -0.15) is 0 Å². The van der Waals surface area contributed by atoms with Gasteiger partial charge in [-0.25, -0.2) is 0 Å². The lowest BCUT2D eigenvalue weighted by atomic mass is 10.1. The van der Waals surface area contributed by atoms with Crippen LogP contribution < -0.4 is 0 Å². The molecule has 2 nitrogen and oxygen atoms in total. The van der Waals surface area contributed by atoms with Crippen molar-refractivity contribution < 1.29 is 4.74 Å². The molecule has 19 heavy (non-hydrogen) atoms. The van der Waals surface area contributed by atoms with Crippen molar-refractivity contribution in [3.05, 3.63) is 37.0 Å². The summed E-state index contributed by atoms with van der Waals surface area (Å²) in [7, 11) is 2.13. The van der Waals surface area contributed by atoms with E-state index in [0.29, 0.717) is 0 Å².